The summed E-state index contributed by atoms with van der Waals surface area (Å²) in [5.41, 5.74) is 0.863. The molecule has 1 heterocycles. The van der Waals surface area contributed by atoms with Gasteiger partial charge in [-0.15, -0.1) is 0 Å². The van der Waals surface area contributed by atoms with Gasteiger partial charge in [0.1, 0.15) is 5.75 Å². The molecule has 9 heteroatoms. The number of hydrogen-bond acceptors (Lipinski definition) is 5. The zero-order valence-electron chi connectivity index (χ0n) is 19.2. The summed E-state index contributed by atoms with van der Waals surface area (Å²) < 4.78 is 32.3. The zero-order chi connectivity index (χ0) is 24.0. The van der Waals surface area contributed by atoms with Crippen LogP contribution in [0.1, 0.15) is 43.5 Å². The van der Waals surface area contributed by atoms with E-state index in [1.165, 1.54) is 23.5 Å². The van der Waals surface area contributed by atoms with E-state index in [2.05, 4.69) is 10.6 Å². The number of benzene rings is 2. The summed E-state index contributed by atoms with van der Waals surface area (Å²) >= 11 is 0. The molecule has 1 atom stereocenters. The Bertz CT molecular complexity index is 1080. The van der Waals surface area contributed by atoms with Gasteiger partial charge in [0.05, 0.1) is 23.3 Å². The van der Waals surface area contributed by atoms with Gasteiger partial charge < -0.3 is 15.4 Å². The number of piperidine rings is 1. The summed E-state index contributed by atoms with van der Waals surface area (Å²) in [5, 5.41) is 5.78. The number of ether oxygens (including phenoxy) is 1. The van der Waals surface area contributed by atoms with Crippen molar-refractivity contribution in [1.82, 2.24) is 9.62 Å². The minimum absolute atomic E-state index is 0.0261. The number of methoxy groups -OCH3 is 1. The van der Waals surface area contributed by atoms with Crippen LogP contribution in [-0.4, -0.2) is 50.8 Å². The van der Waals surface area contributed by atoms with Gasteiger partial charge in [0.25, 0.3) is 5.91 Å². The SMILES string of the molecule is CCC(C)NC(=O)c1ccccc1NC(=O)C1CCN(S(=O)(=O)c2ccc(OC)cc2)CC1. The van der Waals surface area contributed by atoms with Crippen molar-refractivity contribution in [2.75, 3.05) is 25.5 Å². The molecule has 33 heavy (non-hydrogen) atoms. The number of carbonyl (C=O) groups is 2. The normalized spacial score (nSPS) is 16.1. The molecule has 2 aromatic rings. The molecule has 1 unspecified atom stereocenters. The Morgan fingerprint density at radius 2 is 1.73 bits per heavy atom. The lowest BCUT2D eigenvalue weighted by molar-refractivity contribution is -0.120. The van der Waals surface area contributed by atoms with Crippen LogP contribution < -0.4 is 15.4 Å². The average molecular weight is 474 g/mol. The fourth-order valence-electron chi connectivity index (χ4n) is 3.68. The first kappa shape index (κ1) is 24.7. The third kappa shape index (κ3) is 5.91. The zero-order valence-corrected chi connectivity index (χ0v) is 20.0. The molecule has 0 aromatic heterocycles. The van der Waals surface area contributed by atoms with E-state index >= 15 is 0 Å². The molecule has 0 spiro atoms. The molecule has 1 fully saturated rings. The van der Waals surface area contributed by atoms with Crippen LogP contribution >= 0.6 is 0 Å². The average Bonchev–Trinajstić information content (AvgIpc) is 2.84. The van der Waals surface area contributed by atoms with Crippen molar-refractivity contribution in [3.05, 3.63) is 54.1 Å². The van der Waals surface area contributed by atoms with Gasteiger partial charge in [-0.05, 0) is 62.6 Å². The highest BCUT2D eigenvalue weighted by atomic mass is 32.2. The number of amides is 2. The number of sulfonamides is 1. The molecule has 1 aliphatic heterocycles. The minimum Gasteiger partial charge on any atom is -0.497 e. The second-order valence-electron chi connectivity index (χ2n) is 8.17. The molecule has 178 valence electrons. The summed E-state index contributed by atoms with van der Waals surface area (Å²) in [5.74, 6) is -0.193. The van der Waals surface area contributed by atoms with Gasteiger partial charge in [-0.1, -0.05) is 19.1 Å². The second kappa shape index (κ2) is 10.8. The molecule has 2 amide bonds. The van der Waals surface area contributed by atoms with E-state index in [0.29, 0.717) is 29.8 Å². The van der Waals surface area contributed by atoms with Crippen molar-refractivity contribution in [2.24, 2.45) is 5.92 Å². The Morgan fingerprint density at radius 3 is 2.33 bits per heavy atom. The van der Waals surface area contributed by atoms with Gasteiger partial charge in [-0.2, -0.15) is 4.31 Å². The first-order valence-corrected chi connectivity index (χ1v) is 12.5. The molecular formula is C24H31N3O5S. The van der Waals surface area contributed by atoms with Gasteiger partial charge in [0, 0.05) is 25.0 Å². The van der Waals surface area contributed by atoms with Crippen molar-refractivity contribution in [2.45, 2.75) is 44.0 Å². The van der Waals surface area contributed by atoms with Crippen LogP contribution in [0.2, 0.25) is 0 Å². The lowest BCUT2D eigenvalue weighted by Crippen LogP contribution is -2.41. The Labute approximate surface area is 195 Å². The Balaban J connectivity index is 1.63. The minimum atomic E-state index is -3.63. The molecule has 0 saturated carbocycles. The van der Waals surface area contributed by atoms with Crippen molar-refractivity contribution >= 4 is 27.5 Å². The fourth-order valence-corrected chi connectivity index (χ4v) is 5.15. The quantitative estimate of drug-likeness (QED) is 0.612. The van der Waals surface area contributed by atoms with E-state index in [4.69, 9.17) is 4.74 Å². The maximum absolute atomic E-state index is 12.9. The first-order valence-electron chi connectivity index (χ1n) is 11.1. The lowest BCUT2D eigenvalue weighted by atomic mass is 9.97. The third-order valence-corrected chi connectivity index (χ3v) is 7.85. The van der Waals surface area contributed by atoms with Crippen LogP contribution in [-0.2, 0) is 14.8 Å². The van der Waals surface area contributed by atoms with Gasteiger partial charge in [0.2, 0.25) is 15.9 Å². The van der Waals surface area contributed by atoms with Crippen molar-refractivity contribution < 1.29 is 22.7 Å². The van der Waals surface area contributed by atoms with E-state index in [1.807, 2.05) is 13.8 Å². The number of anilines is 1. The van der Waals surface area contributed by atoms with E-state index in [9.17, 15) is 18.0 Å². The Hall–Kier alpha value is -2.91. The predicted octanol–water partition coefficient (Wildman–Crippen LogP) is 3.26. The highest BCUT2D eigenvalue weighted by Crippen LogP contribution is 2.26. The Kier molecular flexibility index (Phi) is 8.10. The Morgan fingerprint density at radius 1 is 1.09 bits per heavy atom. The van der Waals surface area contributed by atoms with Gasteiger partial charge in [-0.25, -0.2) is 8.42 Å². The maximum Gasteiger partial charge on any atom is 0.253 e. The molecule has 3 rings (SSSR count). The number of nitrogens with zero attached hydrogens (tertiary/aromatic N) is 1. The largest absolute Gasteiger partial charge is 0.497 e. The van der Waals surface area contributed by atoms with Crippen LogP contribution in [0.25, 0.3) is 0 Å². The summed E-state index contributed by atoms with van der Waals surface area (Å²) in [6, 6.07) is 13.2. The van der Waals surface area contributed by atoms with Crippen molar-refractivity contribution in [3.63, 3.8) is 0 Å². The standard InChI is InChI=1S/C24H31N3O5S/c1-4-17(2)25-24(29)21-7-5-6-8-22(21)26-23(28)18-13-15-27(16-14-18)33(30,31)20-11-9-19(32-3)10-12-20/h5-12,17-18H,4,13-16H2,1-3H3,(H,25,29)(H,26,28). The smallest absolute Gasteiger partial charge is 0.253 e. The van der Waals surface area contributed by atoms with Crippen LogP contribution in [0, 0.1) is 5.92 Å². The van der Waals surface area contributed by atoms with Crippen LogP contribution in [0.4, 0.5) is 5.69 Å². The summed E-state index contributed by atoms with van der Waals surface area (Å²) in [7, 11) is -2.11. The number of hydrogen-bond donors (Lipinski definition) is 2. The molecule has 2 aromatic carbocycles. The van der Waals surface area contributed by atoms with E-state index in [1.54, 1.807) is 36.4 Å². The molecule has 2 N–H and O–H groups in total. The van der Waals surface area contributed by atoms with Crippen molar-refractivity contribution in [3.8, 4) is 5.75 Å². The van der Waals surface area contributed by atoms with Crippen molar-refractivity contribution in [1.29, 1.82) is 0 Å². The lowest BCUT2D eigenvalue weighted by Gasteiger charge is -2.30. The topological polar surface area (TPSA) is 105 Å². The first-order chi connectivity index (χ1) is 15.8. The number of para-hydroxylation sites is 1. The molecule has 1 aliphatic rings. The molecule has 1 saturated heterocycles. The number of rotatable bonds is 8. The van der Waals surface area contributed by atoms with Crippen LogP contribution in [0.5, 0.6) is 5.75 Å². The molecule has 0 aliphatic carbocycles. The molecular weight excluding hydrogens is 442 g/mol. The van der Waals surface area contributed by atoms with E-state index in [-0.39, 0.29) is 41.8 Å². The van der Waals surface area contributed by atoms with Crippen LogP contribution in [0.15, 0.2) is 53.4 Å². The maximum atomic E-state index is 12.9. The van der Waals surface area contributed by atoms with Gasteiger partial charge in [-0.3, -0.25) is 9.59 Å². The van der Waals surface area contributed by atoms with Gasteiger partial charge >= 0.3 is 0 Å². The van der Waals surface area contributed by atoms with Gasteiger partial charge in [0.15, 0.2) is 0 Å². The number of nitrogens with one attached hydrogen (secondary N) is 2. The van der Waals surface area contributed by atoms with E-state index < -0.39 is 10.0 Å². The molecule has 0 bridgehead atoms. The second-order valence-corrected chi connectivity index (χ2v) is 10.1. The summed E-state index contributed by atoms with van der Waals surface area (Å²) in [6.45, 7) is 4.41. The summed E-state index contributed by atoms with van der Waals surface area (Å²) in [4.78, 5) is 25.7. The molecule has 8 nitrogen and oxygen atoms in total. The third-order valence-electron chi connectivity index (χ3n) is 5.94. The number of carbonyl (C=O) groups excluding carboxylic acids is 2. The fraction of sp³-hybridized carbons (Fsp3) is 0.417. The monoisotopic (exact) mass is 473 g/mol. The predicted molar refractivity (Wildman–Crippen MR) is 127 cm³/mol. The summed E-state index contributed by atoms with van der Waals surface area (Å²) in [6.07, 6.45) is 1.61. The van der Waals surface area contributed by atoms with E-state index in [0.717, 1.165) is 6.42 Å². The highest BCUT2D eigenvalue weighted by Gasteiger charge is 2.32. The van der Waals surface area contributed by atoms with Crippen LogP contribution in [0.3, 0.4) is 0 Å². The highest BCUT2D eigenvalue weighted by molar-refractivity contribution is 7.89. The molecule has 0 radical (unpaired) electrons.